The van der Waals surface area contributed by atoms with E-state index in [9.17, 15) is 18.4 Å². The first-order valence-corrected chi connectivity index (χ1v) is 24.8. The topological polar surface area (TPSA) is 275 Å². The van der Waals surface area contributed by atoms with E-state index in [1.54, 1.807) is 37.1 Å². The molecule has 392 valence electrons. The normalized spacial score (nSPS) is 15.4. The molecule has 0 spiro atoms. The molecular formula is C51H58ClF2N17O4. The van der Waals surface area contributed by atoms with Crippen molar-refractivity contribution in [3.8, 4) is 22.8 Å². The summed E-state index contributed by atoms with van der Waals surface area (Å²) in [6.45, 7) is 5.20. The molecule has 8 aromatic rings. The van der Waals surface area contributed by atoms with E-state index >= 15 is 0 Å². The Balaban J connectivity index is 0.000000168. The Kier molecular flexibility index (Phi) is 16.8. The van der Waals surface area contributed by atoms with Gasteiger partial charge in [-0.3, -0.25) is 19.0 Å². The number of halogens is 3. The molecule has 0 radical (unpaired) electrons. The second kappa shape index (κ2) is 23.6. The van der Waals surface area contributed by atoms with Crippen LogP contribution in [0.2, 0.25) is 0 Å². The molecule has 2 aliphatic carbocycles. The molecule has 0 fully saturated rings. The SMILES string of the molecule is CC(C)(CF)c1nc(C(=O)Cl)no1.Cn1ccc(Nc2ncnc(-c3ccc4c(c3)CCCC[C@H]4CC(=O)c3noc(C(C)(C)CF)n3)n2)n1.Cn1ccc(Nc2ncnc(-c3ccc4c(c3)CCCC[C@H]4N)n2)n1. The molecule has 0 amide bonds. The number of hydrogen-bond acceptors (Lipinski definition) is 19. The van der Waals surface area contributed by atoms with E-state index in [-0.39, 0.29) is 47.6 Å². The zero-order valence-electron chi connectivity index (χ0n) is 42.5. The fourth-order valence-electron chi connectivity index (χ4n) is 8.39. The number of rotatable bonds is 14. The molecule has 0 saturated carbocycles. The quantitative estimate of drug-likeness (QED) is 0.0520. The molecule has 4 N–H and O–H groups in total. The number of aryl methyl sites for hydroxylation is 4. The number of ketones is 1. The van der Waals surface area contributed by atoms with Crippen LogP contribution in [0.5, 0.6) is 0 Å². The van der Waals surface area contributed by atoms with E-state index in [0.29, 0.717) is 35.2 Å². The summed E-state index contributed by atoms with van der Waals surface area (Å²) in [5, 5.41) is 21.1. The van der Waals surface area contributed by atoms with Crippen LogP contribution in [0.15, 0.2) is 82.6 Å². The minimum Gasteiger partial charge on any atom is -0.338 e. The van der Waals surface area contributed by atoms with Crippen LogP contribution in [0.3, 0.4) is 0 Å². The highest BCUT2D eigenvalue weighted by atomic mass is 35.5. The Labute approximate surface area is 436 Å². The first kappa shape index (κ1) is 53.5. The second-order valence-electron chi connectivity index (χ2n) is 19.7. The molecule has 10 rings (SSSR count). The van der Waals surface area contributed by atoms with Gasteiger partial charge >= 0.3 is 0 Å². The van der Waals surface area contributed by atoms with Crippen molar-refractivity contribution in [2.24, 2.45) is 19.8 Å². The van der Waals surface area contributed by atoms with Crippen molar-refractivity contribution in [3.63, 3.8) is 0 Å². The number of nitrogens with two attached hydrogens (primary N) is 1. The van der Waals surface area contributed by atoms with Gasteiger partial charge in [0.15, 0.2) is 23.3 Å². The van der Waals surface area contributed by atoms with Crippen LogP contribution >= 0.6 is 11.6 Å². The van der Waals surface area contributed by atoms with Crippen molar-refractivity contribution in [1.29, 1.82) is 0 Å². The monoisotopic (exact) mass is 1050 g/mol. The van der Waals surface area contributed by atoms with Crippen molar-refractivity contribution in [1.82, 2.24) is 69.7 Å². The Bertz CT molecular complexity index is 3240. The van der Waals surface area contributed by atoms with Crippen LogP contribution in [0.25, 0.3) is 22.8 Å². The number of benzene rings is 2. The minimum absolute atomic E-state index is 0.0112. The predicted octanol–water partition coefficient (Wildman–Crippen LogP) is 9.17. The van der Waals surface area contributed by atoms with Gasteiger partial charge in [-0.2, -0.15) is 30.1 Å². The summed E-state index contributed by atoms with van der Waals surface area (Å²) in [5.41, 5.74) is 11.2. The van der Waals surface area contributed by atoms with Gasteiger partial charge in [0.1, 0.15) is 26.0 Å². The Morgan fingerprint density at radius 3 is 1.67 bits per heavy atom. The number of hydrogen-bond donors (Lipinski definition) is 3. The van der Waals surface area contributed by atoms with Crippen LogP contribution < -0.4 is 16.4 Å². The largest absolute Gasteiger partial charge is 0.338 e. The number of fused-ring (bicyclic) bond motifs is 2. The number of carbonyl (C=O) groups is 2. The maximum Gasteiger partial charge on any atom is 0.293 e. The van der Waals surface area contributed by atoms with Crippen LogP contribution in [0.4, 0.5) is 32.3 Å². The van der Waals surface area contributed by atoms with Crippen molar-refractivity contribution in [2.45, 2.75) is 108 Å². The molecule has 75 heavy (non-hydrogen) atoms. The summed E-state index contributed by atoms with van der Waals surface area (Å²) in [6.07, 6.45) is 15.3. The van der Waals surface area contributed by atoms with Gasteiger partial charge in [0.25, 0.3) is 11.1 Å². The third-order valence-corrected chi connectivity index (χ3v) is 12.9. The Hall–Kier alpha value is -7.79. The fourth-order valence-corrected chi connectivity index (χ4v) is 8.47. The van der Waals surface area contributed by atoms with Crippen LogP contribution in [-0.2, 0) is 37.8 Å². The molecule has 0 unspecified atom stereocenters. The number of carbonyl (C=O) groups excluding carboxylic acids is 2. The van der Waals surface area contributed by atoms with Crippen molar-refractivity contribution in [2.75, 3.05) is 24.0 Å². The molecular weight excluding hydrogens is 988 g/mol. The molecule has 21 nitrogen and oxygen atoms in total. The van der Waals surface area contributed by atoms with E-state index in [2.05, 4.69) is 99.8 Å². The highest BCUT2D eigenvalue weighted by Gasteiger charge is 2.31. The van der Waals surface area contributed by atoms with Gasteiger partial charge in [0, 0.05) is 62.2 Å². The van der Waals surface area contributed by atoms with Gasteiger partial charge in [-0.15, -0.1) is 0 Å². The van der Waals surface area contributed by atoms with Gasteiger partial charge in [-0.05, 0) is 118 Å². The molecule has 0 bridgehead atoms. The molecule has 24 heteroatoms. The zero-order chi connectivity index (χ0) is 53.3. The lowest BCUT2D eigenvalue weighted by atomic mass is 9.87. The van der Waals surface area contributed by atoms with Crippen molar-refractivity contribution >= 4 is 46.2 Å². The molecule has 0 saturated heterocycles. The third kappa shape index (κ3) is 13.5. The summed E-state index contributed by atoms with van der Waals surface area (Å²) >= 11 is 5.09. The summed E-state index contributed by atoms with van der Waals surface area (Å²) in [5.74, 6) is 3.27. The van der Waals surface area contributed by atoms with Crippen LogP contribution in [0.1, 0.15) is 140 Å². The number of nitrogens with one attached hydrogen (secondary N) is 2. The second-order valence-corrected chi connectivity index (χ2v) is 20.0. The first-order valence-electron chi connectivity index (χ1n) is 24.4. The number of Topliss-reactive ketones (excluding diaryl/α,β-unsaturated/α-hetero) is 1. The highest BCUT2D eigenvalue weighted by Crippen LogP contribution is 2.36. The maximum atomic E-state index is 13.3. The van der Waals surface area contributed by atoms with Gasteiger partial charge < -0.3 is 25.4 Å². The standard InChI is InChI=1S/C26H29FN8O2.C18H21N7.C7H8ClFN2O2/c1-26(2,14-27)24-31-23(34-37-24)20(36)13-17-7-5-4-6-16-12-18(8-9-19(16)17)22-28-15-29-25(32-22)30-21-10-11-35(3)33-21;1-25-9-8-16(24-25)22-18-21-11-20-17(23-18)13-6-7-14-12(10-13)4-2-3-5-15(14)19;1-7(2,3-9)6-10-5(4(8)12)11-13-6/h8-12,15,17H,4-7,13-14H2,1-3H3,(H,28,29,30,32,33);6-11,15H,2-5,19H2,1H3,(H,20,21,22,23,24);3H2,1-2H3/t17-;15-;/m01./s1. The lowest BCUT2D eigenvalue weighted by molar-refractivity contribution is 0.0958. The van der Waals surface area contributed by atoms with E-state index in [1.807, 2.05) is 50.8 Å². The Morgan fingerprint density at radius 1 is 0.680 bits per heavy atom. The third-order valence-electron chi connectivity index (χ3n) is 12.7. The van der Waals surface area contributed by atoms with Gasteiger partial charge in [-0.25, -0.2) is 28.7 Å². The predicted molar refractivity (Wildman–Crippen MR) is 274 cm³/mol. The summed E-state index contributed by atoms with van der Waals surface area (Å²) in [4.78, 5) is 57.6. The average molecular weight is 1050 g/mol. The molecule has 6 aromatic heterocycles. The zero-order valence-corrected chi connectivity index (χ0v) is 43.2. The first-order chi connectivity index (χ1) is 36.0. The van der Waals surface area contributed by atoms with E-state index in [1.165, 1.54) is 42.2 Å². The highest BCUT2D eigenvalue weighted by molar-refractivity contribution is 6.67. The van der Waals surface area contributed by atoms with Crippen molar-refractivity contribution < 1.29 is 27.4 Å². The van der Waals surface area contributed by atoms with E-state index in [4.69, 9.17) is 21.9 Å². The summed E-state index contributed by atoms with van der Waals surface area (Å²) in [6, 6.07) is 16.3. The average Bonchev–Trinajstić information content (AvgIpc) is 4.23. The van der Waals surface area contributed by atoms with E-state index in [0.717, 1.165) is 55.2 Å². The van der Waals surface area contributed by atoms with Crippen LogP contribution in [-0.4, -0.2) is 94.1 Å². The molecule has 0 aliphatic heterocycles. The van der Waals surface area contributed by atoms with Gasteiger partial charge in [0.2, 0.25) is 35.3 Å². The lowest BCUT2D eigenvalue weighted by Crippen LogP contribution is -2.20. The van der Waals surface area contributed by atoms with E-state index < -0.39 is 29.4 Å². The fraction of sp³-hybridized carbons (Fsp3) is 0.412. The number of anilines is 4. The number of nitrogens with zero attached hydrogens (tertiary/aromatic N) is 14. The lowest BCUT2D eigenvalue weighted by Gasteiger charge is -2.17. The number of alkyl halides is 2. The molecule has 2 atom stereocenters. The Morgan fingerprint density at radius 2 is 1.17 bits per heavy atom. The molecule has 6 heterocycles. The molecule has 2 aliphatic rings. The van der Waals surface area contributed by atoms with Crippen LogP contribution in [0, 0.1) is 0 Å². The van der Waals surface area contributed by atoms with Gasteiger partial charge in [-0.1, -0.05) is 47.4 Å². The maximum absolute atomic E-state index is 13.3. The van der Waals surface area contributed by atoms with Crippen molar-refractivity contribution in [3.05, 3.63) is 119 Å². The smallest absolute Gasteiger partial charge is 0.293 e. The number of aromatic nitrogens is 14. The minimum atomic E-state index is -0.918. The summed E-state index contributed by atoms with van der Waals surface area (Å²) < 4.78 is 39.0. The summed E-state index contributed by atoms with van der Waals surface area (Å²) in [7, 11) is 3.71. The molecule has 2 aromatic carbocycles. The van der Waals surface area contributed by atoms with Gasteiger partial charge in [0.05, 0.1) is 10.8 Å².